The molecule has 8 heteroatoms. The second-order valence-corrected chi connectivity index (χ2v) is 10.2. The second-order valence-electron chi connectivity index (χ2n) is 8.52. The van der Waals surface area contributed by atoms with Crippen molar-refractivity contribution < 1.29 is 17.9 Å². The van der Waals surface area contributed by atoms with E-state index in [1.807, 2.05) is 38.1 Å². The van der Waals surface area contributed by atoms with Gasteiger partial charge >= 0.3 is 0 Å². The van der Waals surface area contributed by atoms with Gasteiger partial charge in [-0.05, 0) is 63.1 Å². The Bertz CT molecular complexity index is 1010. The molecular formula is C24H33N3O4S. The van der Waals surface area contributed by atoms with Crippen LogP contribution in [0.15, 0.2) is 53.4 Å². The summed E-state index contributed by atoms with van der Waals surface area (Å²) in [6, 6.07) is 13.6. The number of nitrogens with one attached hydrogen (secondary N) is 2. The molecule has 3 rings (SSSR count). The Hall–Kier alpha value is -2.26. The molecule has 0 radical (unpaired) electrons. The normalized spacial score (nSPS) is 20.6. The average molecular weight is 460 g/mol. The number of morpholine rings is 1. The summed E-state index contributed by atoms with van der Waals surface area (Å²) >= 11 is 0. The number of benzene rings is 2. The number of nitrogens with zero attached hydrogens (tertiary/aromatic N) is 1. The first-order chi connectivity index (χ1) is 15.2. The number of carbonyl (C=O) groups is 1. The molecule has 7 nitrogen and oxygen atoms in total. The highest BCUT2D eigenvalue weighted by Gasteiger charge is 2.23. The van der Waals surface area contributed by atoms with Gasteiger partial charge in [-0.25, -0.2) is 13.1 Å². The van der Waals surface area contributed by atoms with Crippen LogP contribution in [-0.2, 0) is 21.3 Å². The van der Waals surface area contributed by atoms with Crippen LogP contribution in [0.25, 0.3) is 0 Å². The zero-order chi connectivity index (χ0) is 23.3. The lowest BCUT2D eigenvalue weighted by molar-refractivity contribution is -0.0704. The van der Waals surface area contributed by atoms with Gasteiger partial charge < -0.3 is 10.1 Å². The molecule has 1 aliphatic rings. The molecule has 1 saturated heterocycles. The Morgan fingerprint density at radius 1 is 1.09 bits per heavy atom. The van der Waals surface area contributed by atoms with Gasteiger partial charge in [-0.2, -0.15) is 0 Å². The monoisotopic (exact) mass is 459 g/mol. The molecule has 3 unspecified atom stereocenters. The van der Waals surface area contributed by atoms with E-state index < -0.39 is 10.0 Å². The molecule has 0 aromatic heterocycles. The topological polar surface area (TPSA) is 87.7 Å². The van der Waals surface area contributed by atoms with E-state index in [-0.39, 0.29) is 29.1 Å². The fraction of sp³-hybridized carbons (Fsp3) is 0.458. The van der Waals surface area contributed by atoms with Crippen LogP contribution >= 0.6 is 0 Å². The van der Waals surface area contributed by atoms with Crippen molar-refractivity contribution in [2.24, 2.45) is 0 Å². The lowest BCUT2D eigenvalue weighted by atomic mass is 10.1. The lowest BCUT2D eigenvalue weighted by Crippen LogP contribution is -2.44. The number of sulfonamides is 1. The summed E-state index contributed by atoms with van der Waals surface area (Å²) in [6.07, 6.45) is 1.04. The summed E-state index contributed by atoms with van der Waals surface area (Å²) in [5.74, 6) is -0.278. The Balaban J connectivity index is 1.70. The highest BCUT2D eigenvalue weighted by molar-refractivity contribution is 7.89. The second kappa shape index (κ2) is 10.6. The summed E-state index contributed by atoms with van der Waals surface area (Å²) in [6.45, 7) is 10.3. The molecule has 0 spiro atoms. The van der Waals surface area contributed by atoms with E-state index in [0.717, 1.165) is 24.3 Å². The van der Waals surface area contributed by atoms with Crippen LogP contribution in [-0.4, -0.2) is 50.6 Å². The van der Waals surface area contributed by atoms with E-state index >= 15 is 0 Å². The first-order valence-corrected chi connectivity index (χ1v) is 12.6. The molecule has 1 heterocycles. The smallest absolute Gasteiger partial charge is 0.255 e. The van der Waals surface area contributed by atoms with Crippen LogP contribution in [0.1, 0.15) is 50.0 Å². The summed E-state index contributed by atoms with van der Waals surface area (Å²) in [5.41, 5.74) is 2.18. The number of para-hydroxylation sites is 1. The fourth-order valence-electron chi connectivity index (χ4n) is 3.83. The summed E-state index contributed by atoms with van der Waals surface area (Å²) in [5, 5.41) is 2.98. The minimum atomic E-state index is -3.60. The third-order valence-electron chi connectivity index (χ3n) is 5.55. The number of carbonyl (C=O) groups excluding carboxylic acids is 1. The first-order valence-electron chi connectivity index (χ1n) is 11.1. The van der Waals surface area contributed by atoms with Crippen molar-refractivity contribution in [1.29, 1.82) is 0 Å². The first kappa shape index (κ1) is 24.4. The molecule has 32 heavy (non-hydrogen) atoms. The van der Waals surface area contributed by atoms with Crippen molar-refractivity contribution in [3.05, 3.63) is 59.7 Å². The minimum Gasteiger partial charge on any atom is -0.373 e. The Labute approximate surface area is 191 Å². The van der Waals surface area contributed by atoms with Crippen LogP contribution in [0, 0.1) is 0 Å². The Morgan fingerprint density at radius 3 is 2.34 bits per heavy atom. The van der Waals surface area contributed by atoms with E-state index in [2.05, 4.69) is 28.8 Å². The van der Waals surface area contributed by atoms with Crippen molar-refractivity contribution in [2.75, 3.05) is 18.4 Å². The van der Waals surface area contributed by atoms with Crippen molar-refractivity contribution in [1.82, 2.24) is 9.62 Å². The van der Waals surface area contributed by atoms with E-state index in [9.17, 15) is 13.2 Å². The number of amides is 1. The van der Waals surface area contributed by atoms with Crippen LogP contribution in [0.4, 0.5) is 5.69 Å². The molecule has 0 bridgehead atoms. The van der Waals surface area contributed by atoms with Crippen molar-refractivity contribution in [3.8, 4) is 0 Å². The number of ether oxygens (including phenoxy) is 1. The van der Waals surface area contributed by atoms with Gasteiger partial charge in [0.1, 0.15) is 0 Å². The highest BCUT2D eigenvalue weighted by atomic mass is 32.2. The van der Waals surface area contributed by atoms with Crippen molar-refractivity contribution >= 4 is 21.6 Å². The Morgan fingerprint density at radius 2 is 1.72 bits per heavy atom. The van der Waals surface area contributed by atoms with E-state index in [4.69, 9.17) is 4.74 Å². The van der Waals surface area contributed by atoms with Gasteiger partial charge in [-0.1, -0.05) is 25.1 Å². The van der Waals surface area contributed by atoms with Crippen molar-refractivity contribution in [3.63, 3.8) is 0 Å². The molecule has 1 aliphatic heterocycles. The predicted molar refractivity (Wildman–Crippen MR) is 126 cm³/mol. The summed E-state index contributed by atoms with van der Waals surface area (Å²) < 4.78 is 33.3. The fourth-order valence-corrected chi connectivity index (χ4v) is 5.16. The largest absolute Gasteiger partial charge is 0.373 e. The molecule has 2 aromatic carbocycles. The zero-order valence-corrected chi connectivity index (χ0v) is 20.0. The average Bonchev–Trinajstić information content (AvgIpc) is 2.74. The number of anilines is 1. The lowest BCUT2D eigenvalue weighted by Gasteiger charge is -2.35. The number of hydrogen-bond acceptors (Lipinski definition) is 5. The predicted octanol–water partition coefficient (Wildman–Crippen LogP) is 3.62. The minimum absolute atomic E-state index is 0.144. The standard InChI is InChI=1S/C24H33N3O4S/c1-5-17(2)26-32(29,30)22-12-10-20(11-13-22)24(28)25-23-9-7-6-8-21(23)16-27-14-18(3)31-19(4)15-27/h6-13,17-19,26H,5,14-16H2,1-4H3,(H,25,28). The maximum Gasteiger partial charge on any atom is 0.255 e. The van der Waals surface area contributed by atoms with Gasteiger partial charge in [0.05, 0.1) is 17.1 Å². The van der Waals surface area contributed by atoms with E-state index in [1.165, 1.54) is 24.3 Å². The van der Waals surface area contributed by atoms with E-state index in [0.29, 0.717) is 18.5 Å². The quantitative estimate of drug-likeness (QED) is 0.630. The van der Waals surface area contributed by atoms with Gasteiger partial charge in [0, 0.05) is 36.9 Å². The maximum atomic E-state index is 12.8. The van der Waals surface area contributed by atoms with Crippen LogP contribution in [0.2, 0.25) is 0 Å². The number of hydrogen-bond donors (Lipinski definition) is 2. The van der Waals surface area contributed by atoms with Gasteiger partial charge in [0.25, 0.3) is 5.91 Å². The molecule has 0 aliphatic carbocycles. The van der Waals surface area contributed by atoms with Crippen molar-refractivity contribution in [2.45, 2.75) is 63.8 Å². The summed E-state index contributed by atoms with van der Waals surface area (Å²) in [7, 11) is -3.60. The molecule has 3 atom stereocenters. The molecule has 1 fully saturated rings. The molecule has 174 valence electrons. The third kappa shape index (κ3) is 6.38. The maximum absolute atomic E-state index is 12.8. The zero-order valence-electron chi connectivity index (χ0n) is 19.2. The van der Waals surface area contributed by atoms with Crippen LogP contribution < -0.4 is 10.0 Å². The van der Waals surface area contributed by atoms with Crippen LogP contribution in [0.5, 0.6) is 0 Å². The third-order valence-corrected chi connectivity index (χ3v) is 7.16. The SMILES string of the molecule is CCC(C)NS(=O)(=O)c1ccc(C(=O)Nc2ccccc2CN2CC(C)OC(C)C2)cc1. The van der Waals surface area contributed by atoms with Gasteiger partial charge in [0.2, 0.25) is 10.0 Å². The molecule has 1 amide bonds. The van der Waals surface area contributed by atoms with Crippen LogP contribution in [0.3, 0.4) is 0 Å². The highest BCUT2D eigenvalue weighted by Crippen LogP contribution is 2.21. The molecule has 2 aromatic rings. The van der Waals surface area contributed by atoms with Gasteiger partial charge in [-0.15, -0.1) is 0 Å². The molecule has 0 saturated carbocycles. The Kier molecular flexibility index (Phi) is 8.05. The van der Waals surface area contributed by atoms with E-state index in [1.54, 1.807) is 0 Å². The molecule has 2 N–H and O–H groups in total. The van der Waals surface area contributed by atoms with Gasteiger partial charge in [-0.3, -0.25) is 9.69 Å². The molecular weight excluding hydrogens is 426 g/mol. The summed E-state index contributed by atoms with van der Waals surface area (Å²) in [4.78, 5) is 15.3. The number of rotatable bonds is 8. The van der Waals surface area contributed by atoms with Gasteiger partial charge in [0.15, 0.2) is 0 Å².